The first-order valence-electron chi connectivity index (χ1n) is 11.3. The molecule has 0 radical (unpaired) electrons. The number of nitrogens with one attached hydrogen (secondary N) is 2. The van der Waals surface area contributed by atoms with Crippen LogP contribution < -0.4 is 15.4 Å². The van der Waals surface area contributed by atoms with E-state index in [2.05, 4.69) is 27.6 Å². The Hall–Kier alpha value is -3.68. The number of amides is 1. The molecule has 180 valence electrons. The standard InChI is InChI=1S/C26H32FN5O2/c1-7-32-19(5)21(18(4)31-32)12-13-28-26(29-23-14-16(2)8-11-24(23)34-6)30-25(33)20-10-9-17(3)22(27)15-20/h8-11,14-15H,7,12-13H2,1-6H3,(H2,28,29,30,33). The quantitative estimate of drug-likeness (QED) is 0.391. The Morgan fingerprint density at radius 3 is 2.56 bits per heavy atom. The number of nitrogens with zero attached hydrogens (tertiary/aromatic N) is 3. The van der Waals surface area contributed by atoms with Crippen LogP contribution in [-0.2, 0) is 13.0 Å². The number of carbonyl (C=O) groups is 1. The zero-order valence-electron chi connectivity index (χ0n) is 20.6. The van der Waals surface area contributed by atoms with Crippen LogP contribution in [0.4, 0.5) is 10.1 Å². The van der Waals surface area contributed by atoms with Gasteiger partial charge in [-0.3, -0.25) is 19.8 Å². The zero-order valence-corrected chi connectivity index (χ0v) is 20.6. The van der Waals surface area contributed by atoms with Crippen molar-refractivity contribution in [1.29, 1.82) is 0 Å². The third-order valence-electron chi connectivity index (χ3n) is 5.74. The van der Waals surface area contributed by atoms with Crippen LogP contribution >= 0.6 is 0 Å². The molecule has 1 aromatic heterocycles. The van der Waals surface area contributed by atoms with E-state index in [1.807, 2.05) is 43.7 Å². The van der Waals surface area contributed by atoms with E-state index in [0.717, 1.165) is 29.1 Å². The van der Waals surface area contributed by atoms with Crippen LogP contribution in [0.1, 0.15) is 45.4 Å². The number of rotatable bonds is 7. The Labute approximate surface area is 200 Å². The van der Waals surface area contributed by atoms with Gasteiger partial charge in [0, 0.05) is 24.3 Å². The summed E-state index contributed by atoms with van der Waals surface area (Å²) in [5.74, 6) is -0.0146. The summed E-state index contributed by atoms with van der Waals surface area (Å²) in [5, 5.41) is 10.5. The van der Waals surface area contributed by atoms with Gasteiger partial charge in [0.25, 0.3) is 5.91 Å². The highest BCUT2D eigenvalue weighted by molar-refractivity contribution is 6.10. The van der Waals surface area contributed by atoms with E-state index >= 15 is 0 Å². The van der Waals surface area contributed by atoms with Crippen LogP contribution in [0, 0.1) is 33.5 Å². The molecule has 3 rings (SSSR count). The summed E-state index contributed by atoms with van der Waals surface area (Å²) >= 11 is 0. The number of hydrogen-bond donors (Lipinski definition) is 2. The molecular formula is C26H32FN5O2. The van der Waals surface area contributed by atoms with E-state index in [1.54, 1.807) is 26.2 Å². The van der Waals surface area contributed by atoms with Gasteiger partial charge in [0.15, 0.2) is 0 Å². The Morgan fingerprint density at radius 1 is 1.15 bits per heavy atom. The second kappa shape index (κ2) is 11.0. The van der Waals surface area contributed by atoms with Gasteiger partial charge < -0.3 is 10.1 Å². The fourth-order valence-corrected chi connectivity index (χ4v) is 3.75. The fraction of sp³-hybridized carbons (Fsp3) is 0.346. The molecule has 0 aliphatic heterocycles. The van der Waals surface area contributed by atoms with Gasteiger partial charge in [0.05, 0.1) is 18.5 Å². The summed E-state index contributed by atoms with van der Waals surface area (Å²) in [5.41, 5.74) is 5.62. The van der Waals surface area contributed by atoms with Gasteiger partial charge >= 0.3 is 0 Å². The second-order valence-electron chi connectivity index (χ2n) is 8.19. The van der Waals surface area contributed by atoms with Crippen LogP contribution in [0.3, 0.4) is 0 Å². The molecule has 0 atom stereocenters. The summed E-state index contributed by atoms with van der Waals surface area (Å²) in [4.78, 5) is 17.5. The maximum absolute atomic E-state index is 14.0. The molecule has 8 heteroatoms. The number of ether oxygens (including phenoxy) is 1. The number of aromatic nitrogens is 2. The summed E-state index contributed by atoms with van der Waals surface area (Å²) in [6, 6.07) is 10.1. The van der Waals surface area contributed by atoms with Gasteiger partial charge in [-0.05, 0) is 82.0 Å². The van der Waals surface area contributed by atoms with Gasteiger partial charge in [-0.15, -0.1) is 0 Å². The largest absolute Gasteiger partial charge is 0.495 e. The Balaban J connectivity index is 1.86. The van der Waals surface area contributed by atoms with Gasteiger partial charge in [0.2, 0.25) is 5.96 Å². The van der Waals surface area contributed by atoms with Gasteiger partial charge in [0.1, 0.15) is 11.6 Å². The first kappa shape index (κ1) is 25.0. The van der Waals surface area contributed by atoms with Crippen molar-refractivity contribution in [2.24, 2.45) is 4.99 Å². The molecule has 3 aromatic rings. The Morgan fingerprint density at radius 2 is 1.91 bits per heavy atom. The zero-order chi connectivity index (χ0) is 24.8. The first-order chi connectivity index (χ1) is 16.2. The minimum Gasteiger partial charge on any atom is -0.495 e. The van der Waals surface area contributed by atoms with Gasteiger partial charge in [-0.1, -0.05) is 12.1 Å². The highest BCUT2D eigenvalue weighted by Gasteiger charge is 2.14. The summed E-state index contributed by atoms with van der Waals surface area (Å²) < 4.78 is 21.4. The summed E-state index contributed by atoms with van der Waals surface area (Å²) in [6.07, 6.45) is 0.669. The van der Waals surface area contributed by atoms with E-state index in [-0.39, 0.29) is 11.5 Å². The number of methoxy groups -OCH3 is 1. The molecular weight excluding hydrogens is 433 g/mol. The predicted octanol–water partition coefficient (Wildman–Crippen LogP) is 4.72. The highest BCUT2D eigenvalue weighted by atomic mass is 19.1. The maximum Gasteiger partial charge on any atom is 0.258 e. The van der Waals surface area contributed by atoms with Crippen molar-refractivity contribution in [3.05, 3.63) is 75.9 Å². The summed E-state index contributed by atoms with van der Waals surface area (Å²) in [7, 11) is 1.58. The molecule has 0 fully saturated rings. The lowest BCUT2D eigenvalue weighted by Crippen LogP contribution is -2.36. The Kier molecular flexibility index (Phi) is 8.04. The molecule has 0 aliphatic carbocycles. The number of hydrogen-bond acceptors (Lipinski definition) is 4. The predicted molar refractivity (Wildman–Crippen MR) is 133 cm³/mol. The van der Waals surface area contributed by atoms with E-state index in [0.29, 0.717) is 30.0 Å². The minimum absolute atomic E-state index is 0.213. The van der Waals surface area contributed by atoms with E-state index in [4.69, 9.17) is 4.74 Å². The second-order valence-corrected chi connectivity index (χ2v) is 8.19. The molecule has 7 nitrogen and oxygen atoms in total. The van der Waals surface area contributed by atoms with Gasteiger partial charge in [-0.2, -0.15) is 5.10 Å². The van der Waals surface area contributed by atoms with E-state index < -0.39 is 11.7 Å². The minimum atomic E-state index is -0.456. The van der Waals surface area contributed by atoms with Crippen LogP contribution in [0.5, 0.6) is 5.75 Å². The number of benzene rings is 2. The molecule has 1 amide bonds. The van der Waals surface area contributed by atoms with Crippen molar-refractivity contribution in [2.45, 2.75) is 47.6 Å². The molecule has 34 heavy (non-hydrogen) atoms. The smallest absolute Gasteiger partial charge is 0.258 e. The van der Waals surface area contributed by atoms with Crippen molar-refractivity contribution in [3.8, 4) is 5.75 Å². The lowest BCUT2D eigenvalue weighted by Gasteiger charge is -2.15. The van der Waals surface area contributed by atoms with Crippen molar-refractivity contribution in [3.63, 3.8) is 0 Å². The van der Waals surface area contributed by atoms with Crippen LogP contribution in [0.2, 0.25) is 0 Å². The lowest BCUT2D eigenvalue weighted by atomic mass is 10.1. The lowest BCUT2D eigenvalue weighted by molar-refractivity contribution is 0.0976. The maximum atomic E-state index is 14.0. The van der Waals surface area contributed by atoms with Crippen LogP contribution in [0.15, 0.2) is 41.4 Å². The number of halogens is 1. The molecule has 0 aliphatic rings. The van der Waals surface area contributed by atoms with Crippen molar-refractivity contribution < 1.29 is 13.9 Å². The summed E-state index contributed by atoms with van der Waals surface area (Å²) in [6.45, 7) is 10.9. The number of aryl methyl sites for hydroxylation is 4. The number of carbonyl (C=O) groups excluding carboxylic acids is 1. The fourth-order valence-electron chi connectivity index (χ4n) is 3.75. The molecule has 0 saturated carbocycles. The number of anilines is 1. The monoisotopic (exact) mass is 465 g/mol. The normalized spacial score (nSPS) is 11.4. The number of guanidine groups is 1. The average Bonchev–Trinajstić information content (AvgIpc) is 3.08. The van der Waals surface area contributed by atoms with E-state index in [1.165, 1.54) is 6.07 Å². The molecule has 0 spiro atoms. The topological polar surface area (TPSA) is 80.5 Å². The van der Waals surface area contributed by atoms with Gasteiger partial charge in [-0.25, -0.2) is 4.39 Å². The molecule has 2 aromatic carbocycles. The SMILES string of the molecule is CCn1nc(C)c(CCN=C(NC(=O)c2ccc(C)c(F)c2)Nc2cc(C)ccc2OC)c1C. The van der Waals surface area contributed by atoms with Crippen LogP contribution in [0.25, 0.3) is 0 Å². The van der Waals surface area contributed by atoms with Crippen LogP contribution in [-0.4, -0.2) is 35.3 Å². The number of aliphatic imine (C=N–C) groups is 1. The molecule has 0 saturated heterocycles. The van der Waals surface area contributed by atoms with E-state index in [9.17, 15) is 9.18 Å². The third kappa shape index (κ3) is 5.81. The molecule has 2 N–H and O–H groups in total. The third-order valence-corrected chi connectivity index (χ3v) is 5.74. The molecule has 0 unspecified atom stereocenters. The van der Waals surface area contributed by atoms with Crippen molar-refractivity contribution >= 4 is 17.6 Å². The molecule has 1 heterocycles. The Bertz CT molecular complexity index is 1220. The first-order valence-corrected chi connectivity index (χ1v) is 11.3. The average molecular weight is 466 g/mol. The van der Waals surface area contributed by atoms with Crippen molar-refractivity contribution in [1.82, 2.24) is 15.1 Å². The molecule has 0 bridgehead atoms. The van der Waals surface area contributed by atoms with Crippen molar-refractivity contribution in [2.75, 3.05) is 19.0 Å². The highest BCUT2D eigenvalue weighted by Crippen LogP contribution is 2.25.